The number of carbonyl (C=O) groups excluding carboxylic acids is 1. The van der Waals surface area contributed by atoms with E-state index in [2.05, 4.69) is 4.98 Å². The van der Waals surface area contributed by atoms with E-state index in [0.29, 0.717) is 18.1 Å². The molecule has 0 fully saturated rings. The molecule has 1 aromatic heterocycles. The van der Waals surface area contributed by atoms with Crippen molar-refractivity contribution in [1.29, 1.82) is 0 Å². The molecule has 0 bridgehead atoms. The quantitative estimate of drug-likeness (QED) is 0.479. The molecular formula is C15H17N3O3. The van der Waals surface area contributed by atoms with Crippen LogP contribution in [-0.2, 0) is 6.61 Å². The highest BCUT2D eigenvalue weighted by molar-refractivity contribution is 5.91. The summed E-state index contributed by atoms with van der Waals surface area (Å²) in [5.41, 5.74) is 2.93. The zero-order valence-electron chi connectivity index (χ0n) is 11.7. The highest BCUT2D eigenvalue weighted by atomic mass is 16.5. The van der Waals surface area contributed by atoms with E-state index in [4.69, 9.17) is 15.3 Å². The number of pyridine rings is 1. The average molecular weight is 287 g/mol. The van der Waals surface area contributed by atoms with Gasteiger partial charge in [-0.15, -0.1) is 0 Å². The first-order chi connectivity index (χ1) is 10.2. The number of hydrogen-bond acceptors (Lipinski definition) is 5. The standard InChI is InChI=1S/C15H17N3O3/c1-2-20-12-6-4-7-13(9-12)21-10-11-5-3-8-14(17-11)15(19)18-16/h3-9H,2,10,16H2,1H3,(H,18,19). The van der Waals surface area contributed by atoms with Crippen LogP contribution in [0.1, 0.15) is 23.1 Å². The fraction of sp³-hybridized carbons (Fsp3) is 0.200. The van der Waals surface area contributed by atoms with Gasteiger partial charge < -0.3 is 9.47 Å². The number of aromatic nitrogens is 1. The molecular weight excluding hydrogens is 270 g/mol. The topological polar surface area (TPSA) is 86.5 Å². The van der Waals surface area contributed by atoms with Crippen molar-refractivity contribution in [3.8, 4) is 11.5 Å². The lowest BCUT2D eigenvalue weighted by Crippen LogP contribution is -2.30. The highest BCUT2D eigenvalue weighted by Crippen LogP contribution is 2.20. The second-order valence-electron chi connectivity index (χ2n) is 4.18. The number of hydrogen-bond donors (Lipinski definition) is 2. The molecule has 110 valence electrons. The fourth-order valence-electron chi connectivity index (χ4n) is 1.74. The summed E-state index contributed by atoms with van der Waals surface area (Å²) in [6, 6.07) is 12.4. The monoisotopic (exact) mass is 287 g/mol. The Hall–Kier alpha value is -2.60. The van der Waals surface area contributed by atoms with Crippen LogP contribution >= 0.6 is 0 Å². The van der Waals surface area contributed by atoms with Crippen molar-refractivity contribution in [1.82, 2.24) is 10.4 Å². The molecule has 21 heavy (non-hydrogen) atoms. The molecule has 2 rings (SSSR count). The van der Waals surface area contributed by atoms with Crippen LogP contribution in [0.25, 0.3) is 0 Å². The first kappa shape index (κ1) is 14.8. The molecule has 0 spiro atoms. The van der Waals surface area contributed by atoms with Gasteiger partial charge in [-0.1, -0.05) is 12.1 Å². The number of benzene rings is 1. The van der Waals surface area contributed by atoms with Gasteiger partial charge in [-0.05, 0) is 31.2 Å². The Balaban J connectivity index is 2.02. The van der Waals surface area contributed by atoms with Crippen molar-refractivity contribution in [3.63, 3.8) is 0 Å². The van der Waals surface area contributed by atoms with Gasteiger partial charge in [0.1, 0.15) is 23.8 Å². The molecule has 2 aromatic rings. The lowest BCUT2D eigenvalue weighted by molar-refractivity contribution is 0.0948. The summed E-state index contributed by atoms with van der Waals surface area (Å²) in [7, 11) is 0. The van der Waals surface area contributed by atoms with E-state index in [1.807, 2.05) is 30.5 Å². The molecule has 0 aliphatic carbocycles. The van der Waals surface area contributed by atoms with Gasteiger partial charge in [-0.3, -0.25) is 10.2 Å². The van der Waals surface area contributed by atoms with Crippen LogP contribution in [0.15, 0.2) is 42.5 Å². The number of nitrogens with one attached hydrogen (secondary N) is 1. The van der Waals surface area contributed by atoms with Crippen LogP contribution in [-0.4, -0.2) is 17.5 Å². The number of amides is 1. The van der Waals surface area contributed by atoms with Gasteiger partial charge in [0, 0.05) is 6.07 Å². The van der Waals surface area contributed by atoms with Crippen LogP contribution in [0.2, 0.25) is 0 Å². The smallest absolute Gasteiger partial charge is 0.283 e. The van der Waals surface area contributed by atoms with Gasteiger partial charge in [0.05, 0.1) is 12.3 Å². The van der Waals surface area contributed by atoms with E-state index in [0.717, 1.165) is 5.75 Å². The Bertz CT molecular complexity index is 617. The summed E-state index contributed by atoms with van der Waals surface area (Å²) >= 11 is 0. The summed E-state index contributed by atoms with van der Waals surface area (Å²) in [6.45, 7) is 2.77. The third-order valence-corrected chi connectivity index (χ3v) is 2.67. The average Bonchev–Trinajstić information content (AvgIpc) is 2.53. The normalized spacial score (nSPS) is 10.0. The Labute approximate surface area is 122 Å². The molecule has 0 radical (unpaired) electrons. The molecule has 6 nitrogen and oxygen atoms in total. The predicted molar refractivity (Wildman–Crippen MR) is 77.8 cm³/mol. The largest absolute Gasteiger partial charge is 0.494 e. The Morgan fingerprint density at radius 2 is 1.90 bits per heavy atom. The molecule has 1 amide bonds. The number of nitrogens with two attached hydrogens (primary N) is 1. The van der Waals surface area contributed by atoms with Crippen LogP contribution in [0.5, 0.6) is 11.5 Å². The Kier molecular flexibility index (Phi) is 5.11. The van der Waals surface area contributed by atoms with Crippen molar-refractivity contribution in [2.75, 3.05) is 6.61 Å². The minimum Gasteiger partial charge on any atom is -0.494 e. The second kappa shape index (κ2) is 7.25. The summed E-state index contributed by atoms with van der Waals surface area (Å²) in [5, 5.41) is 0. The maximum absolute atomic E-state index is 11.4. The number of nitrogen functional groups attached to an aromatic ring is 1. The Morgan fingerprint density at radius 3 is 2.62 bits per heavy atom. The zero-order valence-corrected chi connectivity index (χ0v) is 11.7. The first-order valence-corrected chi connectivity index (χ1v) is 6.55. The maximum atomic E-state index is 11.4. The highest BCUT2D eigenvalue weighted by Gasteiger charge is 2.06. The number of carbonyl (C=O) groups is 1. The molecule has 3 N–H and O–H groups in total. The predicted octanol–water partition coefficient (Wildman–Crippen LogP) is 1.66. The van der Waals surface area contributed by atoms with E-state index in [9.17, 15) is 4.79 Å². The van der Waals surface area contributed by atoms with Gasteiger partial charge in [0.25, 0.3) is 5.91 Å². The number of rotatable bonds is 6. The van der Waals surface area contributed by atoms with E-state index in [-0.39, 0.29) is 12.3 Å². The van der Waals surface area contributed by atoms with E-state index in [1.165, 1.54) is 0 Å². The van der Waals surface area contributed by atoms with E-state index in [1.54, 1.807) is 24.3 Å². The van der Waals surface area contributed by atoms with Gasteiger partial charge in [-0.25, -0.2) is 10.8 Å². The summed E-state index contributed by atoms with van der Waals surface area (Å²) in [6.07, 6.45) is 0. The van der Waals surface area contributed by atoms with Gasteiger partial charge in [0.15, 0.2) is 0 Å². The van der Waals surface area contributed by atoms with E-state index >= 15 is 0 Å². The Morgan fingerprint density at radius 1 is 1.19 bits per heavy atom. The van der Waals surface area contributed by atoms with Crippen molar-refractivity contribution >= 4 is 5.91 Å². The maximum Gasteiger partial charge on any atom is 0.283 e. The SMILES string of the molecule is CCOc1cccc(OCc2cccc(C(=O)NN)n2)c1. The van der Waals surface area contributed by atoms with Crippen molar-refractivity contribution in [2.24, 2.45) is 5.84 Å². The summed E-state index contributed by atoms with van der Waals surface area (Å²) in [4.78, 5) is 15.6. The molecule has 0 saturated carbocycles. The number of nitrogens with zero attached hydrogens (tertiary/aromatic N) is 1. The van der Waals surface area contributed by atoms with Gasteiger partial charge >= 0.3 is 0 Å². The van der Waals surface area contributed by atoms with E-state index < -0.39 is 5.91 Å². The lowest BCUT2D eigenvalue weighted by Gasteiger charge is -2.09. The molecule has 1 aromatic carbocycles. The first-order valence-electron chi connectivity index (χ1n) is 6.55. The van der Waals surface area contributed by atoms with Gasteiger partial charge in [-0.2, -0.15) is 0 Å². The van der Waals surface area contributed by atoms with Crippen LogP contribution in [0.4, 0.5) is 0 Å². The van der Waals surface area contributed by atoms with Crippen LogP contribution in [0.3, 0.4) is 0 Å². The molecule has 6 heteroatoms. The molecule has 0 aliphatic heterocycles. The molecule has 0 atom stereocenters. The van der Waals surface area contributed by atoms with Crippen LogP contribution < -0.4 is 20.7 Å². The third-order valence-electron chi connectivity index (χ3n) is 2.67. The third kappa shape index (κ3) is 4.19. The number of hydrazine groups is 1. The zero-order chi connectivity index (χ0) is 15.1. The second-order valence-corrected chi connectivity index (χ2v) is 4.18. The van der Waals surface area contributed by atoms with Crippen molar-refractivity contribution < 1.29 is 14.3 Å². The fourth-order valence-corrected chi connectivity index (χ4v) is 1.74. The molecule has 0 unspecified atom stereocenters. The minimum atomic E-state index is -0.435. The summed E-state index contributed by atoms with van der Waals surface area (Å²) < 4.78 is 11.0. The minimum absolute atomic E-state index is 0.251. The molecule has 0 saturated heterocycles. The van der Waals surface area contributed by atoms with Crippen LogP contribution in [0, 0.1) is 0 Å². The molecule has 1 heterocycles. The number of ether oxygens (including phenoxy) is 2. The van der Waals surface area contributed by atoms with Gasteiger partial charge in [0.2, 0.25) is 0 Å². The van der Waals surface area contributed by atoms with Crippen molar-refractivity contribution in [2.45, 2.75) is 13.5 Å². The van der Waals surface area contributed by atoms with Crippen molar-refractivity contribution in [3.05, 3.63) is 53.9 Å². The lowest BCUT2D eigenvalue weighted by atomic mass is 10.3. The molecule has 0 aliphatic rings. The summed E-state index contributed by atoms with van der Waals surface area (Å²) in [5.74, 6) is 6.07.